The lowest BCUT2D eigenvalue weighted by Crippen LogP contribution is -2.52. The fourth-order valence-corrected chi connectivity index (χ4v) is 5.66. The van der Waals surface area contributed by atoms with Gasteiger partial charge in [0.2, 0.25) is 10.0 Å². The van der Waals surface area contributed by atoms with E-state index in [1.54, 1.807) is 12.3 Å². The number of hydrogen-bond acceptors (Lipinski definition) is 4. The molecule has 2 N–H and O–H groups in total. The van der Waals surface area contributed by atoms with Crippen molar-refractivity contribution in [2.45, 2.75) is 56.2 Å². The van der Waals surface area contributed by atoms with E-state index in [-0.39, 0.29) is 6.04 Å². The van der Waals surface area contributed by atoms with Crippen LogP contribution in [0.25, 0.3) is 0 Å². The summed E-state index contributed by atoms with van der Waals surface area (Å²) < 4.78 is 34.0. The average Bonchev–Trinajstić information content (AvgIpc) is 3.38. The maximum Gasteiger partial charge on any atom is 0.216 e. The van der Waals surface area contributed by atoms with E-state index in [4.69, 9.17) is 4.42 Å². The van der Waals surface area contributed by atoms with E-state index in [0.717, 1.165) is 50.4 Å². The summed E-state index contributed by atoms with van der Waals surface area (Å²) in [5, 5.41) is 2.88. The van der Waals surface area contributed by atoms with Crippen LogP contribution >= 0.6 is 0 Å². The van der Waals surface area contributed by atoms with Gasteiger partial charge in [0, 0.05) is 38.6 Å². The molecule has 0 radical (unpaired) electrons. The van der Waals surface area contributed by atoms with Crippen molar-refractivity contribution in [3.63, 3.8) is 0 Å². The molecule has 1 saturated heterocycles. The van der Waals surface area contributed by atoms with Gasteiger partial charge in [-0.3, -0.25) is 4.99 Å². The van der Waals surface area contributed by atoms with Gasteiger partial charge in [-0.2, -0.15) is 0 Å². The smallest absolute Gasteiger partial charge is 0.216 e. The first-order valence-electron chi connectivity index (χ1n) is 10.3. The molecule has 1 aliphatic carbocycles. The number of aliphatic imine (C=N–C) groups is 1. The number of likely N-dealkylation sites (tertiary alicyclic amines) is 1. The number of nitrogens with one attached hydrogen (secondary N) is 2. The van der Waals surface area contributed by atoms with Crippen LogP contribution in [0.1, 0.15) is 44.3 Å². The Morgan fingerprint density at radius 1 is 1.32 bits per heavy atom. The van der Waals surface area contributed by atoms with Crippen molar-refractivity contribution in [2.75, 3.05) is 26.2 Å². The number of guanidine groups is 1. The lowest BCUT2D eigenvalue weighted by Gasteiger charge is -2.35. The highest BCUT2D eigenvalue weighted by Crippen LogP contribution is 2.22. The molecule has 1 aromatic heterocycles. The van der Waals surface area contributed by atoms with Crippen LogP contribution in [0.4, 0.5) is 0 Å². The van der Waals surface area contributed by atoms with Gasteiger partial charge in [-0.1, -0.05) is 18.9 Å². The molecular weight excluding hydrogens is 376 g/mol. The second-order valence-corrected chi connectivity index (χ2v) is 9.55. The van der Waals surface area contributed by atoms with Gasteiger partial charge in [0.25, 0.3) is 0 Å². The largest absolute Gasteiger partial charge is 0.469 e. The van der Waals surface area contributed by atoms with Gasteiger partial charge in [0.15, 0.2) is 5.96 Å². The molecule has 2 aliphatic rings. The molecule has 0 aromatic carbocycles. The summed E-state index contributed by atoms with van der Waals surface area (Å²) >= 11 is 0. The lowest BCUT2D eigenvalue weighted by atomic mass is 10.1. The third-order valence-electron chi connectivity index (χ3n) is 5.41. The third-order valence-corrected chi connectivity index (χ3v) is 7.33. The molecule has 1 saturated carbocycles. The van der Waals surface area contributed by atoms with Crippen LogP contribution in [0.3, 0.4) is 0 Å². The Labute approximate surface area is 168 Å². The monoisotopic (exact) mass is 408 g/mol. The number of hydrogen-bond donors (Lipinski definition) is 2. The molecule has 0 amide bonds. The predicted molar refractivity (Wildman–Crippen MR) is 112 cm³/mol. The zero-order valence-electron chi connectivity index (χ0n) is 16.5. The summed E-state index contributed by atoms with van der Waals surface area (Å²) in [5.41, 5.74) is 0. The first-order chi connectivity index (χ1) is 13.6. The van der Waals surface area contributed by atoms with Crippen LogP contribution in [-0.2, 0) is 16.4 Å². The molecule has 0 bridgehead atoms. The summed E-state index contributed by atoms with van der Waals surface area (Å²) in [6, 6.07) is 3.92. The van der Waals surface area contributed by atoms with Crippen molar-refractivity contribution >= 4 is 16.0 Å². The first kappa shape index (κ1) is 20.9. The molecule has 1 unspecified atom stereocenters. The van der Waals surface area contributed by atoms with Gasteiger partial charge in [0.05, 0.1) is 11.5 Å². The number of furan rings is 1. The van der Waals surface area contributed by atoms with Crippen molar-refractivity contribution in [3.05, 3.63) is 36.8 Å². The van der Waals surface area contributed by atoms with Gasteiger partial charge in [-0.15, -0.1) is 6.58 Å². The molecular formula is C20H32N4O3S. The van der Waals surface area contributed by atoms with Crippen molar-refractivity contribution in [2.24, 2.45) is 4.99 Å². The van der Waals surface area contributed by atoms with E-state index in [2.05, 4.69) is 26.5 Å². The van der Waals surface area contributed by atoms with Gasteiger partial charge >= 0.3 is 0 Å². The van der Waals surface area contributed by atoms with Crippen molar-refractivity contribution in [1.82, 2.24) is 14.9 Å². The molecule has 7 nitrogen and oxygen atoms in total. The third kappa shape index (κ3) is 5.85. The normalized spacial score (nSPS) is 21.8. The van der Waals surface area contributed by atoms with Gasteiger partial charge in [-0.25, -0.2) is 13.1 Å². The maximum absolute atomic E-state index is 12.9. The summed E-state index contributed by atoms with van der Waals surface area (Å²) in [7, 11) is -3.32. The highest BCUT2D eigenvalue weighted by molar-refractivity contribution is 7.90. The van der Waals surface area contributed by atoms with E-state index in [1.165, 1.54) is 0 Å². The lowest BCUT2D eigenvalue weighted by molar-refractivity contribution is 0.329. The summed E-state index contributed by atoms with van der Waals surface area (Å²) in [4.78, 5) is 6.75. The van der Waals surface area contributed by atoms with Crippen LogP contribution in [0.5, 0.6) is 0 Å². The van der Waals surface area contributed by atoms with Gasteiger partial charge < -0.3 is 14.6 Å². The average molecular weight is 409 g/mol. The Morgan fingerprint density at radius 2 is 2.14 bits per heavy atom. The number of piperidine rings is 1. The number of sulfonamides is 1. The Balaban J connectivity index is 1.62. The summed E-state index contributed by atoms with van der Waals surface area (Å²) in [5.74, 6) is 1.64. The Morgan fingerprint density at radius 3 is 2.86 bits per heavy atom. The Bertz CT molecular complexity index is 740. The number of rotatable bonds is 8. The second kappa shape index (κ2) is 10.1. The predicted octanol–water partition coefficient (Wildman–Crippen LogP) is 2.28. The van der Waals surface area contributed by atoms with Crippen LogP contribution in [-0.4, -0.2) is 56.7 Å². The zero-order valence-corrected chi connectivity index (χ0v) is 17.3. The minimum absolute atomic E-state index is 0.112. The topological polar surface area (TPSA) is 86.9 Å². The molecule has 8 heteroatoms. The summed E-state index contributed by atoms with van der Waals surface area (Å²) in [6.45, 7) is 6.20. The first-order valence-corrected chi connectivity index (χ1v) is 11.8. The fraction of sp³-hybridized carbons (Fsp3) is 0.650. The highest BCUT2D eigenvalue weighted by Gasteiger charge is 2.34. The van der Waals surface area contributed by atoms with E-state index in [9.17, 15) is 8.42 Å². The molecule has 1 aliphatic heterocycles. The number of nitrogens with zero attached hydrogens (tertiary/aromatic N) is 2. The molecule has 28 heavy (non-hydrogen) atoms. The van der Waals surface area contributed by atoms with Crippen molar-refractivity contribution in [1.29, 1.82) is 0 Å². The molecule has 1 atom stereocenters. The van der Waals surface area contributed by atoms with E-state index in [1.807, 2.05) is 12.1 Å². The fourth-order valence-electron chi connectivity index (χ4n) is 3.91. The Hall–Kier alpha value is -1.80. The quantitative estimate of drug-likeness (QED) is 0.391. The molecule has 2 heterocycles. The van der Waals surface area contributed by atoms with Gasteiger partial charge in [-0.05, 0) is 37.8 Å². The highest BCUT2D eigenvalue weighted by atomic mass is 32.2. The van der Waals surface area contributed by atoms with Crippen LogP contribution in [0, 0.1) is 0 Å². The van der Waals surface area contributed by atoms with Crippen molar-refractivity contribution < 1.29 is 12.8 Å². The molecule has 156 valence electrons. The second-order valence-electron chi connectivity index (χ2n) is 7.56. The van der Waals surface area contributed by atoms with Crippen LogP contribution in [0.2, 0.25) is 0 Å². The maximum atomic E-state index is 12.9. The van der Waals surface area contributed by atoms with E-state index in [0.29, 0.717) is 32.5 Å². The Kier molecular flexibility index (Phi) is 7.56. The standard InChI is InChI=1S/C20H32N4O3S/c1-2-12-21-20(22-13-11-18-9-6-15-27-18)24-14-5-10-19(16-24)28(25,26)23-17-7-3-4-8-17/h2,6,9,15,17,19,23H,1,3-5,7-8,10-14,16H2,(H,21,22). The minimum atomic E-state index is -3.32. The molecule has 0 spiro atoms. The SMILES string of the molecule is C=CCNC(=NCCc1ccco1)N1CCCC(S(=O)(=O)NC2CCCC2)C1. The molecule has 2 fully saturated rings. The van der Waals surface area contributed by atoms with Crippen molar-refractivity contribution in [3.8, 4) is 0 Å². The van der Waals surface area contributed by atoms with E-state index >= 15 is 0 Å². The van der Waals surface area contributed by atoms with E-state index < -0.39 is 15.3 Å². The van der Waals surface area contributed by atoms with Crippen LogP contribution < -0.4 is 10.0 Å². The summed E-state index contributed by atoms with van der Waals surface area (Å²) in [6.07, 6.45) is 9.82. The molecule has 1 aromatic rings. The molecule has 3 rings (SSSR count). The van der Waals surface area contributed by atoms with Crippen LogP contribution in [0.15, 0.2) is 40.5 Å². The van der Waals surface area contributed by atoms with Gasteiger partial charge in [0.1, 0.15) is 5.76 Å². The zero-order chi connectivity index (χ0) is 19.8. The minimum Gasteiger partial charge on any atom is -0.469 e.